The van der Waals surface area contributed by atoms with Gasteiger partial charge in [-0.1, -0.05) is 18.5 Å². The zero-order chi connectivity index (χ0) is 13.3. The van der Waals surface area contributed by atoms with E-state index in [4.69, 9.17) is 9.26 Å². The first-order valence-corrected chi connectivity index (χ1v) is 7.40. The SMILES string of the molecule is CCC1CCNC(c2nc(C3(OC)CCC3)no2)C1. The lowest BCUT2D eigenvalue weighted by Gasteiger charge is -2.37. The Morgan fingerprint density at radius 2 is 2.32 bits per heavy atom. The first-order chi connectivity index (χ1) is 9.27. The van der Waals surface area contributed by atoms with Crippen LogP contribution in [-0.4, -0.2) is 23.8 Å². The van der Waals surface area contributed by atoms with Crippen LogP contribution in [-0.2, 0) is 10.3 Å². The van der Waals surface area contributed by atoms with Crippen molar-refractivity contribution in [3.05, 3.63) is 11.7 Å². The van der Waals surface area contributed by atoms with Gasteiger partial charge in [0.25, 0.3) is 0 Å². The van der Waals surface area contributed by atoms with Crippen LogP contribution < -0.4 is 5.32 Å². The maximum absolute atomic E-state index is 5.60. The maximum Gasteiger partial charge on any atom is 0.243 e. The lowest BCUT2D eigenvalue weighted by molar-refractivity contribution is -0.0858. The van der Waals surface area contributed by atoms with Crippen molar-refractivity contribution >= 4 is 0 Å². The third kappa shape index (κ3) is 2.30. The molecule has 0 bridgehead atoms. The van der Waals surface area contributed by atoms with E-state index in [9.17, 15) is 0 Å². The van der Waals surface area contributed by atoms with Crippen molar-refractivity contribution in [1.82, 2.24) is 15.5 Å². The van der Waals surface area contributed by atoms with Gasteiger partial charge in [0.2, 0.25) is 11.7 Å². The molecule has 1 aliphatic heterocycles. The van der Waals surface area contributed by atoms with Gasteiger partial charge in [0.1, 0.15) is 5.60 Å². The summed E-state index contributed by atoms with van der Waals surface area (Å²) in [6, 6.07) is 0.217. The molecule has 1 aromatic rings. The van der Waals surface area contributed by atoms with Crippen molar-refractivity contribution in [3.63, 3.8) is 0 Å². The number of rotatable bonds is 4. The van der Waals surface area contributed by atoms with Crippen LogP contribution in [0.4, 0.5) is 0 Å². The quantitative estimate of drug-likeness (QED) is 0.906. The molecule has 2 heterocycles. The minimum atomic E-state index is -0.277. The molecular weight excluding hydrogens is 242 g/mol. The first-order valence-electron chi connectivity index (χ1n) is 7.40. The molecule has 2 atom stereocenters. The lowest BCUT2D eigenvalue weighted by Crippen LogP contribution is -2.37. The van der Waals surface area contributed by atoms with Gasteiger partial charge < -0.3 is 14.6 Å². The molecule has 0 aromatic carbocycles. The van der Waals surface area contributed by atoms with Gasteiger partial charge in [0, 0.05) is 7.11 Å². The monoisotopic (exact) mass is 265 g/mol. The fourth-order valence-corrected chi connectivity index (χ4v) is 3.13. The van der Waals surface area contributed by atoms with Crippen molar-refractivity contribution in [2.75, 3.05) is 13.7 Å². The number of nitrogens with one attached hydrogen (secondary N) is 1. The molecular formula is C14H23N3O2. The summed E-state index contributed by atoms with van der Waals surface area (Å²) >= 11 is 0. The zero-order valence-electron chi connectivity index (χ0n) is 11.8. The molecule has 1 aromatic heterocycles. The number of hydrogen-bond donors (Lipinski definition) is 1. The third-order valence-corrected chi connectivity index (χ3v) is 4.79. The summed E-state index contributed by atoms with van der Waals surface area (Å²) in [6.07, 6.45) is 6.74. The normalized spacial score (nSPS) is 30.0. The highest BCUT2D eigenvalue weighted by Gasteiger charge is 2.43. The lowest BCUT2D eigenvalue weighted by atomic mass is 9.79. The summed E-state index contributed by atoms with van der Waals surface area (Å²) in [4.78, 5) is 4.60. The Morgan fingerprint density at radius 3 is 2.95 bits per heavy atom. The number of ether oxygens (including phenoxy) is 1. The molecule has 1 aliphatic carbocycles. The van der Waals surface area contributed by atoms with E-state index in [0.29, 0.717) is 0 Å². The van der Waals surface area contributed by atoms with Crippen LogP contribution in [0.5, 0.6) is 0 Å². The molecule has 2 aliphatic rings. The molecule has 2 fully saturated rings. The van der Waals surface area contributed by atoms with Gasteiger partial charge in [-0.05, 0) is 44.6 Å². The summed E-state index contributed by atoms with van der Waals surface area (Å²) in [7, 11) is 1.74. The van der Waals surface area contributed by atoms with E-state index in [2.05, 4.69) is 22.4 Å². The van der Waals surface area contributed by atoms with Crippen LogP contribution in [0.15, 0.2) is 4.52 Å². The highest BCUT2D eigenvalue weighted by Crippen LogP contribution is 2.43. The smallest absolute Gasteiger partial charge is 0.243 e. The summed E-state index contributed by atoms with van der Waals surface area (Å²) in [6.45, 7) is 3.29. The molecule has 106 valence electrons. The minimum Gasteiger partial charge on any atom is -0.370 e. The predicted molar refractivity (Wildman–Crippen MR) is 70.6 cm³/mol. The number of piperidine rings is 1. The Labute approximate surface area is 114 Å². The minimum absolute atomic E-state index is 0.217. The van der Waals surface area contributed by atoms with Crippen molar-refractivity contribution in [3.8, 4) is 0 Å². The fraction of sp³-hybridized carbons (Fsp3) is 0.857. The Kier molecular flexibility index (Phi) is 3.58. The van der Waals surface area contributed by atoms with E-state index >= 15 is 0 Å². The molecule has 1 saturated carbocycles. The van der Waals surface area contributed by atoms with Crippen molar-refractivity contribution in [1.29, 1.82) is 0 Å². The average molecular weight is 265 g/mol. The summed E-state index contributed by atoms with van der Waals surface area (Å²) in [5.41, 5.74) is -0.277. The topological polar surface area (TPSA) is 60.2 Å². The van der Waals surface area contributed by atoms with E-state index in [1.165, 1.54) is 19.3 Å². The van der Waals surface area contributed by atoms with E-state index in [1.54, 1.807) is 7.11 Å². The van der Waals surface area contributed by atoms with Crippen molar-refractivity contribution < 1.29 is 9.26 Å². The van der Waals surface area contributed by atoms with Crippen molar-refractivity contribution in [2.45, 2.75) is 57.1 Å². The summed E-state index contributed by atoms with van der Waals surface area (Å²) < 4.78 is 11.1. The summed E-state index contributed by atoms with van der Waals surface area (Å²) in [5, 5.41) is 7.64. The Morgan fingerprint density at radius 1 is 1.47 bits per heavy atom. The van der Waals surface area contributed by atoms with Gasteiger partial charge >= 0.3 is 0 Å². The standard InChI is InChI=1S/C14H23N3O2/c1-3-10-5-8-15-11(9-10)12-16-13(17-19-12)14(18-2)6-4-7-14/h10-11,15H,3-9H2,1-2H3. The Balaban J connectivity index is 1.74. The van der Waals surface area contributed by atoms with Crippen LogP contribution >= 0.6 is 0 Å². The molecule has 1 saturated heterocycles. The van der Waals surface area contributed by atoms with Gasteiger partial charge in [-0.2, -0.15) is 4.98 Å². The molecule has 5 heteroatoms. The fourth-order valence-electron chi connectivity index (χ4n) is 3.13. The third-order valence-electron chi connectivity index (χ3n) is 4.79. The van der Waals surface area contributed by atoms with Crippen molar-refractivity contribution in [2.24, 2.45) is 5.92 Å². The number of hydrogen-bond acceptors (Lipinski definition) is 5. The van der Waals surface area contributed by atoms with Crippen LogP contribution in [0.3, 0.4) is 0 Å². The molecule has 0 spiro atoms. The second-order valence-electron chi connectivity index (χ2n) is 5.81. The van der Waals surface area contributed by atoms with Crippen LogP contribution in [0.2, 0.25) is 0 Å². The van der Waals surface area contributed by atoms with Gasteiger partial charge in [0.15, 0.2) is 0 Å². The van der Waals surface area contributed by atoms with Crippen LogP contribution in [0.25, 0.3) is 0 Å². The van der Waals surface area contributed by atoms with Gasteiger partial charge in [-0.15, -0.1) is 0 Å². The van der Waals surface area contributed by atoms with E-state index in [1.807, 2.05) is 0 Å². The van der Waals surface area contributed by atoms with E-state index in [-0.39, 0.29) is 11.6 Å². The first kappa shape index (κ1) is 13.1. The molecule has 0 amide bonds. The number of nitrogens with zero attached hydrogens (tertiary/aromatic N) is 2. The Bertz CT molecular complexity index is 423. The Hall–Kier alpha value is -0.940. The average Bonchev–Trinajstić information content (AvgIpc) is 2.88. The number of aromatic nitrogens is 2. The van der Waals surface area contributed by atoms with E-state index < -0.39 is 0 Å². The largest absolute Gasteiger partial charge is 0.370 e. The van der Waals surface area contributed by atoms with E-state index in [0.717, 1.165) is 43.4 Å². The van der Waals surface area contributed by atoms with Gasteiger partial charge in [-0.3, -0.25) is 0 Å². The molecule has 3 rings (SSSR count). The molecule has 5 nitrogen and oxygen atoms in total. The molecule has 1 N–H and O–H groups in total. The zero-order valence-corrected chi connectivity index (χ0v) is 11.8. The predicted octanol–water partition coefficient (Wildman–Crippen LogP) is 2.55. The molecule has 0 radical (unpaired) electrons. The summed E-state index contributed by atoms with van der Waals surface area (Å²) in [5.74, 6) is 2.23. The highest BCUT2D eigenvalue weighted by atomic mass is 16.5. The number of methoxy groups -OCH3 is 1. The second-order valence-corrected chi connectivity index (χ2v) is 5.81. The van der Waals surface area contributed by atoms with Crippen LogP contribution in [0.1, 0.15) is 63.2 Å². The maximum atomic E-state index is 5.60. The second kappa shape index (κ2) is 5.21. The molecule has 2 unspecified atom stereocenters. The van der Waals surface area contributed by atoms with Gasteiger partial charge in [0.05, 0.1) is 6.04 Å². The van der Waals surface area contributed by atoms with Gasteiger partial charge in [-0.25, -0.2) is 0 Å². The van der Waals surface area contributed by atoms with Crippen LogP contribution in [0, 0.1) is 5.92 Å². The molecule has 19 heavy (non-hydrogen) atoms. The highest BCUT2D eigenvalue weighted by molar-refractivity contribution is 5.08.